The number of thiophene rings is 1. The van der Waals surface area contributed by atoms with Crippen molar-refractivity contribution in [1.29, 1.82) is 0 Å². The lowest BCUT2D eigenvalue weighted by atomic mass is 10.2. The van der Waals surface area contributed by atoms with E-state index < -0.39 is 0 Å². The fraction of sp³-hybridized carbons (Fsp3) is 0.333. The first-order valence-corrected chi connectivity index (χ1v) is 9.98. The first kappa shape index (κ1) is 15.9. The summed E-state index contributed by atoms with van der Waals surface area (Å²) in [6, 6.07) is -0.340. The van der Waals surface area contributed by atoms with Crippen LogP contribution in [-0.4, -0.2) is 38.9 Å². The highest BCUT2D eigenvalue weighted by Gasteiger charge is 2.24. The second-order valence-electron chi connectivity index (χ2n) is 7.16. The molecule has 0 saturated heterocycles. The Bertz CT molecular complexity index is 1460. The summed E-state index contributed by atoms with van der Waals surface area (Å²) in [4.78, 5) is 29.0. The second kappa shape index (κ2) is 5.44. The monoisotopic (exact) mass is 392 g/mol. The number of hydrogen-bond donors (Lipinski definition) is 0. The van der Waals surface area contributed by atoms with Crippen molar-refractivity contribution in [1.82, 2.24) is 38.9 Å². The molecule has 0 spiro atoms. The molecule has 0 amide bonds. The van der Waals surface area contributed by atoms with Crippen LogP contribution in [0.25, 0.3) is 26.9 Å². The minimum absolute atomic E-state index is 0.0135. The highest BCUT2D eigenvalue weighted by molar-refractivity contribution is 7.18. The van der Waals surface area contributed by atoms with E-state index in [1.165, 1.54) is 10.4 Å². The van der Waals surface area contributed by atoms with Crippen LogP contribution in [0, 0.1) is 0 Å². The molecular weight excluding hydrogens is 376 g/mol. The first-order valence-electron chi connectivity index (χ1n) is 9.16. The molecule has 0 aliphatic heterocycles. The number of hydrogen-bond acceptors (Lipinski definition) is 7. The zero-order chi connectivity index (χ0) is 19.0. The number of aromatic nitrogens is 8. The number of rotatable bonds is 2. The summed E-state index contributed by atoms with van der Waals surface area (Å²) in [7, 11) is 1.84. The molecule has 0 radical (unpaired) electrons. The Labute approximate surface area is 162 Å². The van der Waals surface area contributed by atoms with Crippen LogP contribution in [0.4, 0.5) is 0 Å². The van der Waals surface area contributed by atoms with Crippen LogP contribution in [0.3, 0.4) is 0 Å². The predicted molar refractivity (Wildman–Crippen MR) is 105 cm³/mol. The van der Waals surface area contributed by atoms with Gasteiger partial charge in [0, 0.05) is 11.9 Å². The fourth-order valence-corrected chi connectivity index (χ4v) is 5.25. The van der Waals surface area contributed by atoms with Crippen molar-refractivity contribution in [2.75, 3.05) is 0 Å². The second-order valence-corrected chi connectivity index (χ2v) is 8.24. The highest BCUT2D eigenvalue weighted by atomic mass is 32.1. The van der Waals surface area contributed by atoms with E-state index in [2.05, 4.69) is 25.1 Å². The maximum absolute atomic E-state index is 13.2. The van der Waals surface area contributed by atoms with Crippen LogP contribution in [0.5, 0.6) is 0 Å². The molecule has 0 fully saturated rings. The molecular formula is C18H16N8OS. The zero-order valence-corrected chi connectivity index (χ0v) is 16.1. The molecule has 1 atom stereocenters. The maximum Gasteiger partial charge on any atom is 0.263 e. The van der Waals surface area contributed by atoms with Gasteiger partial charge in [0.15, 0.2) is 17.1 Å². The van der Waals surface area contributed by atoms with Gasteiger partial charge in [0.1, 0.15) is 11.2 Å². The fourth-order valence-electron chi connectivity index (χ4n) is 4.03. The van der Waals surface area contributed by atoms with Crippen molar-refractivity contribution in [3.63, 3.8) is 0 Å². The Morgan fingerprint density at radius 1 is 1.18 bits per heavy atom. The Morgan fingerprint density at radius 3 is 2.96 bits per heavy atom. The normalized spacial score (nSPS) is 15.1. The highest BCUT2D eigenvalue weighted by Crippen LogP contribution is 2.34. The third kappa shape index (κ3) is 2.00. The van der Waals surface area contributed by atoms with Crippen molar-refractivity contribution in [2.24, 2.45) is 7.05 Å². The molecule has 140 valence electrons. The molecule has 1 unspecified atom stereocenters. The molecule has 10 heteroatoms. The van der Waals surface area contributed by atoms with Crippen LogP contribution in [0.2, 0.25) is 0 Å². The third-order valence-electron chi connectivity index (χ3n) is 5.53. The Balaban J connectivity index is 1.53. The van der Waals surface area contributed by atoms with Crippen LogP contribution in [-0.2, 0) is 19.9 Å². The lowest BCUT2D eigenvalue weighted by molar-refractivity contribution is 0.574. The average molecular weight is 392 g/mol. The number of aryl methyl sites for hydroxylation is 3. The van der Waals surface area contributed by atoms with E-state index in [-0.39, 0.29) is 11.6 Å². The quantitative estimate of drug-likeness (QED) is 0.455. The molecule has 5 heterocycles. The van der Waals surface area contributed by atoms with Gasteiger partial charge < -0.3 is 0 Å². The molecule has 1 aliphatic carbocycles. The van der Waals surface area contributed by atoms with Gasteiger partial charge in [-0.3, -0.25) is 14.0 Å². The Hall–Kier alpha value is -3.14. The van der Waals surface area contributed by atoms with Gasteiger partial charge in [0.2, 0.25) is 0 Å². The van der Waals surface area contributed by atoms with Crippen molar-refractivity contribution in [2.45, 2.75) is 32.2 Å². The topological polar surface area (TPSA) is 95.8 Å². The van der Waals surface area contributed by atoms with Crippen LogP contribution >= 0.6 is 11.3 Å². The summed E-state index contributed by atoms with van der Waals surface area (Å²) in [6.07, 6.45) is 8.09. The van der Waals surface area contributed by atoms with Crippen LogP contribution < -0.4 is 5.56 Å². The largest absolute Gasteiger partial charge is 0.288 e. The summed E-state index contributed by atoms with van der Waals surface area (Å²) < 4.78 is 4.97. The zero-order valence-electron chi connectivity index (χ0n) is 15.3. The minimum Gasteiger partial charge on any atom is -0.288 e. The molecule has 0 bridgehead atoms. The Morgan fingerprint density at radius 2 is 2.07 bits per heavy atom. The van der Waals surface area contributed by atoms with Gasteiger partial charge in [-0.2, -0.15) is 5.10 Å². The molecule has 6 rings (SSSR count). The van der Waals surface area contributed by atoms with Crippen LogP contribution in [0.1, 0.15) is 35.7 Å². The lowest BCUT2D eigenvalue weighted by Crippen LogP contribution is -2.25. The van der Waals surface area contributed by atoms with E-state index in [0.29, 0.717) is 11.5 Å². The Kier molecular flexibility index (Phi) is 3.09. The van der Waals surface area contributed by atoms with Gasteiger partial charge in [-0.1, -0.05) is 0 Å². The van der Waals surface area contributed by atoms with Gasteiger partial charge in [0.25, 0.3) is 5.56 Å². The van der Waals surface area contributed by atoms with E-state index in [0.717, 1.165) is 40.5 Å². The molecule has 0 aromatic carbocycles. The molecule has 0 N–H and O–H groups in total. The SMILES string of the molecule is CC(c1nc2c3cnn(C)c3ncn2n1)n1cnc2sc3c(c2c1=O)CCC3. The van der Waals surface area contributed by atoms with E-state index >= 15 is 0 Å². The van der Waals surface area contributed by atoms with Gasteiger partial charge in [-0.25, -0.2) is 19.5 Å². The lowest BCUT2D eigenvalue weighted by Gasteiger charge is -2.11. The minimum atomic E-state index is -0.340. The summed E-state index contributed by atoms with van der Waals surface area (Å²) in [6.45, 7) is 1.92. The number of nitrogens with zero attached hydrogens (tertiary/aromatic N) is 8. The van der Waals surface area contributed by atoms with Crippen LogP contribution in [0.15, 0.2) is 23.6 Å². The third-order valence-corrected chi connectivity index (χ3v) is 6.73. The van der Waals surface area contributed by atoms with Crippen molar-refractivity contribution < 1.29 is 0 Å². The summed E-state index contributed by atoms with van der Waals surface area (Å²) in [5, 5.41) is 10.4. The number of fused-ring (bicyclic) bond motifs is 6. The summed E-state index contributed by atoms with van der Waals surface area (Å²) >= 11 is 1.65. The predicted octanol–water partition coefficient (Wildman–Crippen LogP) is 1.88. The van der Waals surface area contributed by atoms with Crippen molar-refractivity contribution in [3.05, 3.63) is 45.5 Å². The molecule has 9 nitrogen and oxygen atoms in total. The molecule has 5 aromatic heterocycles. The maximum atomic E-state index is 13.2. The average Bonchev–Trinajstić information content (AvgIpc) is 3.43. The summed E-state index contributed by atoms with van der Waals surface area (Å²) in [5.41, 5.74) is 2.59. The first-order chi connectivity index (χ1) is 13.6. The van der Waals surface area contributed by atoms with Crippen molar-refractivity contribution >= 4 is 38.2 Å². The molecule has 28 heavy (non-hydrogen) atoms. The standard InChI is InChI=1S/C18H16N8OS/c1-9(14-22-16-11-6-21-24(2)15(11)19-8-26(16)23-14)25-7-20-17-13(18(25)27)10-4-3-5-12(10)28-17/h6-9H,3-5H2,1-2H3. The van der Waals surface area contributed by atoms with Gasteiger partial charge in [0.05, 0.1) is 29.3 Å². The molecule has 1 aliphatic rings. The van der Waals surface area contributed by atoms with E-state index in [1.807, 2.05) is 14.0 Å². The van der Waals surface area contributed by atoms with E-state index in [9.17, 15) is 4.79 Å². The van der Waals surface area contributed by atoms with Gasteiger partial charge in [-0.05, 0) is 31.7 Å². The summed E-state index contributed by atoms with van der Waals surface area (Å²) in [5.74, 6) is 0.549. The van der Waals surface area contributed by atoms with Gasteiger partial charge in [-0.15, -0.1) is 16.4 Å². The molecule has 0 saturated carbocycles. The van der Waals surface area contributed by atoms with E-state index in [4.69, 9.17) is 0 Å². The smallest absolute Gasteiger partial charge is 0.263 e. The van der Waals surface area contributed by atoms with Gasteiger partial charge >= 0.3 is 0 Å². The van der Waals surface area contributed by atoms with Crippen molar-refractivity contribution in [3.8, 4) is 0 Å². The molecule has 5 aromatic rings. The van der Waals surface area contributed by atoms with E-state index in [1.54, 1.807) is 44.0 Å².